The van der Waals surface area contributed by atoms with E-state index in [4.69, 9.17) is 4.74 Å². The summed E-state index contributed by atoms with van der Waals surface area (Å²) in [5.41, 5.74) is 2.74. The molecule has 134 valence electrons. The molecule has 0 unspecified atom stereocenters. The zero-order valence-electron chi connectivity index (χ0n) is 14.8. The summed E-state index contributed by atoms with van der Waals surface area (Å²) in [5, 5.41) is 5.78. The van der Waals surface area contributed by atoms with E-state index in [1.165, 1.54) is 11.3 Å². The van der Waals surface area contributed by atoms with E-state index < -0.39 is 0 Å². The lowest BCUT2D eigenvalue weighted by molar-refractivity contribution is -0.121. The van der Waals surface area contributed by atoms with Crippen molar-refractivity contribution >= 4 is 17.2 Å². The zero-order chi connectivity index (χ0) is 18.4. The molecule has 2 heterocycles. The number of ether oxygens (including phenoxy) is 1. The summed E-state index contributed by atoms with van der Waals surface area (Å²) in [6, 6.07) is 11.6. The van der Waals surface area contributed by atoms with Gasteiger partial charge in [0.15, 0.2) is 0 Å². The molecule has 3 aromatic rings. The molecule has 0 saturated heterocycles. The van der Waals surface area contributed by atoms with Crippen molar-refractivity contribution in [3.63, 3.8) is 0 Å². The van der Waals surface area contributed by atoms with Crippen LogP contribution in [0.4, 0.5) is 0 Å². The summed E-state index contributed by atoms with van der Waals surface area (Å²) in [4.78, 5) is 20.9. The normalized spacial score (nSPS) is 11.8. The molecule has 6 heteroatoms. The predicted octanol–water partition coefficient (Wildman–Crippen LogP) is 4.02. The Hall–Kier alpha value is -2.73. The second kappa shape index (κ2) is 8.58. The minimum absolute atomic E-state index is 0.0516. The van der Waals surface area contributed by atoms with Crippen LogP contribution in [-0.2, 0) is 11.2 Å². The maximum atomic E-state index is 12.3. The fraction of sp³-hybridized carbons (Fsp3) is 0.250. The molecule has 0 spiro atoms. The number of para-hydroxylation sites is 1. The molecule has 5 nitrogen and oxygen atoms in total. The lowest BCUT2D eigenvalue weighted by atomic mass is 10.1. The Morgan fingerprint density at radius 3 is 2.77 bits per heavy atom. The number of carbonyl (C=O) groups is 1. The van der Waals surface area contributed by atoms with Crippen molar-refractivity contribution < 1.29 is 9.53 Å². The number of thiazole rings is 1. The number of carbonyl (C=O) groups excluding carboxylic acids is 1. The molecule has 0 bridgehead atoms. The molecule has 1 atom stereocenters. The van der Waals surface area contributed by atoms with Crippen molar-refractivity contribution in [2.24, 2.45) is 0 Å². The molecule has 3 rings (SSSR count). The van der Waals surface area contributed by atoms with Crippen molar-refractivity contribution in [3.05, 3.63) is 65.4 Å². The van der Waals surface area contributed by atoms with Gasteiger partial charge in [0.05, 0.1) is 30.3 Å². The van der Waals surface area contributed by atoms with Crippen LogP contribution in [-0.4, -0.2) is 22.5 Å². The van der Waals surface area contributed by atoms with Crippen molar-refractivity contribution in [3.8, 4) is 16.3 Å². The smallest absolute Gasteiger partial charge is 0.226 e. The first-order valence-electron chi connectivity index (χ1n) is 8.53. The largest absolute Gasteiger partial charge is 0.493 e. The number of pyridine rings is 1. The lowest BCUT2D eigenvalue weighted by Gasteiger charge is -2.13. The van der Waals surface area contributed by atoms with Crippen molar-refractivity contribution in [1.29, 1.82) is 0 Å². The highest BCUT2D eigenvalue weighted by Gasteiger charge is 2.14. The average molecular weight is 367 g/mol. The minimum atomic E-state index is -0.0673. The van der Waals surface area contributed by atoms with Gasteiger partial charge in [-0.15, -0.1) is 11.3 Å². The third-order valence-electron chi connectivity index (χ3n) is 3.89. The van der Waals surface area contributed by atoms with Crippen LogP contribution in [0.5, 0.6) is 5.75 Å². The summed E-state index contributed by atoms with van der Waals surface area (Å²) >= 11 is 1.52. The molecule has 0 aliphatic heterocycles. The quantitative estimate of drug-likeness (QED) is 0.685. The highest BCUT2D eigenvalue weighted by molar-refractivity contribution is 7.13. The Kier molecular flexibility index (Phi) is 5.96. The zero-order valence-corrected chi connectivity index (χ0v) is 15.6. The Labute approximate surface area is 157 Å². The van der Waals surface area contributed by atoms with Gasteiger partial charge in [0.2, 0.25) is 5.91 Å². The molecule has 0 radical (unpaired) electrons. The molecule has 1 aromatic carbocycles. The molecule has 0 aliphatic carbocycles. The standard InChI is InChI=1S/C20H21N3O2S/c1-3-25-18-7-5-4-6-17(18)20-23-16(13-26-20)12-19(24)22-14(2)15-8-10-21-11-9-15/h4-11,13-14H,3,12H2,1-2H3,(H,22,24)/t14-/m1/s1. The van der Waals surface area contributed by atoms with E-state index in [2.05, 4.69) is 15.3 Å². The summed E-state index contributed by atoms with van der Waals surface area (Å²) < 4.78 is 5.67. The minimum Gasteiger partial charge on any atom is -0.493 e. The van der Waals surface area contributed by atoms with Crippen LogP contribution in [0.3, 0.4) is 0 Å². The second-order valence-corrected chi connectivity index (χ2v) is 6.68. The van der Waals surface area contributed by atoms with E-state index in [1.54, 1.807) is 12.4 Å². The maximum Gasteiger partial charge on any atom is 0.226 e. The van der Waals surface area contributed by atoms with Crippen LogP contribution in [0.15, 0.2) is 54.2 Å². The van der Waals surface area contributed by atoms with E-state index in [0.717, 1.165) is 27.6 Å². The van der Waals surface area contributed by atoms with Gasteiger partial charge in [-0.25, -0.2) is 4.98 Å². The Morgan fingerprint density at radius 2 is 2.00 bits per heavy atom. The van der Waals surface area contributed by atoms with Gasteiger partial charge in [-0.2, -0.15) is 0 Å². The lowest BCUT2D eigenvalue weighted by Crippen LogP contribution is -2.28. The van der Waals surface area contributed by atoms with Crippen LogP contribution >= 0.6 is 11.3 Å². The van der Waals surface area contributed by atoms with Crippen molar-refractivity contribution in [1.82, 2.24) is 15.3 Å². The maximum absolute atomic E-state index is 12.3. The number of rotatable bonds is 7. The van der Waals surface area contributed by atoms with Gasteiger partial charge in [0.25, 0.3) is 0 Å². The fourth-order valence-electron chi connectivity index (χ4n) is 2.63. The molecule has 0 saturated carbocycles. The van der Waals surface area contributed by atoms with Gasteiger partial charge in [-0.05, 0) is 43.7 Å². The van der Waals surface area contributed by atoms with Gasteiger partial charge in [0, 0.05) is 17.8 Å². The molecule has 0 fully saturated rings. The van der Waals surface area contributed by atoms with Crippen LogP contribution < -0.4 is 10.1 Å². The Balaban J connectivity index is 1.66. The van der Waals surface area contributed by atoms with Crippen LogP contribution in [0.1, 0.15) is 31.1 Å². The van der Waals surface area contributed by atoms with Gasteiger partial charge < -0.3 is 10.1 Å². The van der Waals surface area contributed by atoms with Gasteiger partial charge in [-0.1, -0.05) is 12.1 Å². The average Bonchev–Trinajstić information content (AvgIpc) is 3.11. The summed E-state index contributed by atoms with van der Waals surface area (Å²) in [7, 11) is 0. The van der Waals surface area contributed by atoms with Crippen molar-refractivity contribution in [2.45, 2.75) is 26.3 Å². The molecular formula is C20H21N3O2S. The first-order valence-corrected chi connectivity index (χ1v) is 9.41. The number of nitrogens with zero attached hydrogens (tertiary/aromatic N) is 2. The van der Waals surface area contributed by atoms with E-state index in [0.29, 0.717) is 6.61 Å². The molecule has 1 N–H and O–H groups in total. The van der Waals surface area contributed by atoms with Gasteiger partial charge in [0.1, 0.15) is 10.8 Å². The number of aromatic nitrogens is 2. The van der Waals surface area contributed by atoms with Crippen LogP contribution in [0, 0.1) is 0 Å². The van der Waals surface area contributed by atoms with E-state index in [-0.39, 0.29) is 18.4 Å². The van der Waals surface area contributed by atoms with E-state index >= 15 is 0 Å². The number of benzene rings is 1. The number of amides is 1. The second-order valence-electron chi connectivity index (χ2n) is 5.82. The number of hydrogen-bond donors (Lipinski definition) is 1. The molecule has 26 heavy (non-hydrogen) atoms. The monoisotopic (exact) mass is 367 g/mol. The molecule has 0 aliphatic rings. The summed E-state index contributed by atoms with van der Waals surface area (Å²) in [6.07, 6.45) is 3.70. The topological polar surface area (TPSA) is 64.1 Å². The SMILES string of the molecule is CCOc1ccccc1-c1nc(CC(=O)N[C@H](C)c2ccncc2)cs1. The molecular weight excluding hydrogens is 346 g/mol. The highest BCUT2D eigenvalue weighted by atomic mass is 32.1. The Bertz CT molecular complexity index is 864. The van der Waals surface area contributed by atoms with Gasteiger partial charge >= 0.3 is 0 Å². The predicted molar refractivity (Wildman–Crippen MR) is 103 cm³/mol. The third-order valence-corrected chi connectivity index (χ3v) is 4.82. The number of hydrogen-bond acceptors (Lipinski definition) is 5. The summed E-state index contributed by atoms with van der Waals surface area (Å²) in [6.45, 7) is 4.51. The first-order chi connectivity index (χ1) is 12.7. The highest BCUT2D eigenvalue weighted by Crippen LogP contribution is 2.32. The summed E-state index contributed by atoms with van der Waals surface area (Å²) in [5.74, 6) is 0.760. The molecule has 1 amide bonds. The van der Waals surface area contributed by atoms with Gasteiger partial charge in [-0.3, -0.25) is 9.78 Å². The third kappa shape index (κ3) is 4.46. The van der Waals surface area contributed by atoms with E-state index in [9.17, 15) is 4.79 Å². The van der Waals surface area contributed by atoms with E-state index in [1.807, 2.05) is 55.6 Å². The van der Waals surface area contributed by atoms with Crippen LogP contribution in [0.2, 0.25) is 0 Å². The molecule has 2 aromatic heterocycles. The first kappa shape index (κ1) is 18.1. The Morgan fingerprint density at radius 1 is 1.23 bits per heavy atom. The van der Waals surface area contributed by atoms with Crippen molar-refractivity contribution in [2.75, 3.05) is 6.61 Å². The number of nitrogens with one attached hydrogen (secondary N) is 1. The fourth-order valence-corrected chi connectivity index (χ4v) is 3.48. The van der Waals surface area contributed by atoms with Crippen LogP contribution in [0.25, 0.3) is 10.6 Å².